The third kappa shape index (κ3) is 3.41. The second-order valence-electron chi connectivity index (χ2n) is 4.00. The van der Waals surface area contributed by atoms with Crippen molar-refractivity contribution in [2.24, 2.45) is 0 Å². The van der Waals surface area contributed by atoms with Gasteiger partial charge < -0.3 is 5.11 Å². The van der Waals surface area contributed by atoms with Crippen LogP contribution in [0.3, 0.4) is 0 Å². The van der Waals surface area contributed by atoms with Gasteiger partial charge in [0.05, 0.1) is 9.89 Å². The molecular formula is C13H13Br2NOS. The van der Waals surface area contributed by atoms with Crippen molar-refractivity contribution in [3.8, 4) is 0 Å². The highest BCUT2D eigenvalue weighted by Gasteiger charge is 2.14. The molecule has 0 amide bonds. The van der Waals surface area contributed by atoms with Gasteiger partial charge in [-0.05, 0) is 56.0 Å². The minimum Gasteiger partial charge on any atom is -0.387 e. The molecule has 2 rings (SSSR count). The fourth-order valence-electron chi connectivity index (χ4n) is 1.61. The molecule has 0 saturated heterocycles. The van der Waals surface area contributed by atoms with Gasteiger partial charge >= 0.3 is 0 Å². The summed E-state index contributed by atoms with van der Waals surface area (Å²) in [6.07, 6.45) is 2.91. The van der Waals surface area contributed by atoms with Crippen LogP contribution in [0, 0.1) is 0 Å². The number of rotatable bonds is 4. The number of thiophene rings is 1. The maximum Gasteiger partial charge on any atom is 0.0938 e. The predicted octanol–water partition coefficient (Wildman–Crippen LogP) is 4.51. The molecule has 1 atom stereocenters. The Morgan fingerprint density at radius 1 is 1.39 bits per heavy atom. The van der Waals surface area contributed by atoms with E-state index >= 15 is 0 Å². The van der Waals surface area contributed by atoms with Crippen molar-refractivity contribution in [2.75, 3.05) is 0 Å². The van der Waals surface area contributed by atoms with Crippen LogP contribution >= 0.6 is 43.2 Å². The molecule has 1 N–H and O–H groups in total. The van der Waals surface area contributed by atoms with E-state index in [1.807, 2.05) is 18.3 Å². The van der Waals surface area contributed by atoms with Crippen molar-refractivity contribution < 1.29 is 5.11 Å². The van der Waals surface area contributed by atoms with Gasteiger partial charge in [-0.15, -0.1) is 11.3 Å². The van der Waals surface area contributed by atoms with Crippen LogP contribution in [0.1, 0.15) is 29.2 Å². The highest BCUT2D eigenvalue weighted by molar-refractivity contribution is 9.13. The third-order valence-corrected chi connectivity index (χ3v) is 6.05. The molecule has 0 saturated carbocycles. The lowest BCUT2D eigenvalue weighted by Crippen LogP contribution is -2.01. The van der Waals surface area contributed by atoms with Crippen LogP contribution in [-0.2, 0) is 12.8 Å². The van der Waals surface area contributed by atoms with E-state index in [1.54, 1.807) is 11.3 Å². The van der Waals surface area contributed by atoms with Gasteiger partial charge in [0.2, 0.25) is 0 Å². The summed E-state index contributed by atoms with van der Waals surface area (Å²) in [5.41, 5.74) is 2.13. The maximum atomic E-state index is 10.2. The Bertz CT molecular complexity index is 505. The molecule has 0 aliphatic rings. The largest absolute Gasteiger partial charge is 0.387 e. The molecule has 1 unspecified atom stereocenters. The van der Waals surface area contributed by atoms with E-state index in [1.165, 1.54) is 5.56 Å². The molecule has 2 aromatic rings. The van der Waals surface area contributed by atoms with E-state index in [0.717, 1.165) is 25.3 Å². The first-order valence-corrected chi connectivity index (χ1v) is 8.07. The standard InChI is InChI=1S/C13H13Br2NOS/c1-2-8-3-4-9(16-7-8)5-11(17)12-6-10(14)13(15)18-12/h3-4,6-7,11,17H,2,5H2,1H3. The van der Waals surface area contributed by atoms with Crippen LogP contribution in [0.4, 0.5) is 0 Å². The second-order valence-corrected chi connectivity index (χ2v) is 7.26. The fraction of sp³-hybridized carbons (Fsp3) is 0.308. The number of aliphatic hydroxyl groups excluding tert-OH is 1. The average Bonchev–Trinajstić information content (AvgIpc) is 2.71. The summed E-state index contributed by atoms with van der Waals surface area (Å²) < 4.78 is 1.99. The van der Waals surface area contributed by atoms with Gasteiger partial charge in [0.15, 0.2) is 0 Å². The monoisotopic (exact) mass is 389 g/mol. The van der Waals surface area contributed by atoms with Crippen LogP contribution < -0.4 is 0 Å². The number of pyridine rings is 1. The molecule has 2 aromatic heterocycles. The Labute approximate surface area is 127 Å². The lowest BCUT2D eigenvalue weighted by Gasteiger charge is -2.08. The molecular weight excluding hydrogens is 378 g/mol. The number of aliphatic hydroxyl groups is 1. The number of aryl methyl sites for hydroxylation is 1. The fourth-order valence-corrected chi connectivity index (χ4v) is 3.69. The van der Waals surface area contributed by atoms with Crippen molar-refractivity contribution in [1.82, 2.24) is 4.98 Å². The number of halogens is 2. The molecule has 0 aliphatic carbocycles. The molecule has 0 radical (unpaired) electrons. The molecule has 0 aliphatic heterocycles. The van der Waals surface area contributed by atoms with Crippen LogP contribution in [-0.4, -0.2) is 10.1 Å². The lowest BCUT2D eigenvalue weighted by molar-refractivity contribution is 0.181. The minimum absolute atomic E-state index is 0.502. The first-order valence-electron chi connectivity index (χ1n) is 5.66. The summed E-state index contributed by atoms with van der Waals surface area (Å²) in [4.78, 5) is 5.31. The topological polar surface area (TPSA) is 33.1 Å². The van der Waals surface area contributed by atoms with E-state index in [2.05, 4.69) is 49.8 Å². The molecule has 0 bridgehead atoms. The van der Waals surface area contributed by atoms with E-state index in [0.29, 0.717) is 6.42 Å². The second kappa shape index (κ2) is 6.28. The number of hydrogen-bond acceptors (Lipinski definition) is 3. The summed E-state index contributed by atoms with van der Waals surface area (Å²) in [6.45, 7) is 2.10. The maximum absolute atomic E-state index is 10.2. The van der Waals surface area contributed by atoms with Crippen LogP contribution in [0.5, 0.6) is 0 Å². The molecule has 96 valence electrons. The Kier molecular flexibility index (Phi) is 4.95. The molecule has 5 heteroatoms. The van der Waals surface area contributed by atoms with Crippen molar-refractivity contribution >= 4 is 43.2 Å². The predicted molar refractivity (Wildman–Crippen MR) is 82.0 cm³/mol. The SMILES string of the molecule is CCc1ccc(CC(O)c2cc(Br)c(Br)s2)nc1. The van der Waals surface area contributed by atoms with Gasteiger partial charge in [-0.3, -0.25) is 4.98 Å². The van der Waals surface area contributed by atoms with Gasteiger partial charge in [0.25, 0.3) is 0 Å². The first kappa shape index (κ1) is 14.2. The van der Waals surface area contributed by atoms with Crippen molar-refractivity contribution in [1.29, 1.82) is 0 Å². The van der Waals surface area contributed by atoms with Crippen molar-refractivity contribution in [3.63, 3.8) is 0 Å². The van der Waals surface area contributed by atoms with Crippen LogP contribution in [0.25, 0.3) is 0 Å². The first-order chi connectivity index (χ1) is 8.60. The normalized spacial score (nSPS) is 12.7. The van der Waals surface area contributed by atoms with E-state index in [-0.39, 0.29) is 0 Å². The minimum atomic E-state index is -0.502. The Morgan fingerprint density at radius 2 is 2.17 bits per heavy atom. The molecule has 2 heterocycles. The Hall–Kier alpha value is -0.230. The summed E-state index contributed by atoms with van der Waals surface area (Å²) in [6, 6.07) is 5.99. The molecule has 0 aromatic carbocycles. The molecule has 2 nitrogen and oxygen atoms in total. The van der Waals surface area contributed by atoms with Gasteiger partial charge in [-0.25, -0.2) is 0 Å². The van der Waals surface area contributed by atoms with E-state index in [9.17, 15) is 5.11 Å². The zero-order chi connectivity index (χ0) is 13.1. The molecule has 0 fully saturated rings. The van der Waals surface area contributed by atoms with E-state index < -0.39 is 6.10 Å². The molecule has 0 spiro atoms. The average molecular weight is 391 g/mol. The summed E-state index contributed by atoms with van der Waals surface area (Å²) >= 11 is 8.40. The molecule has 18 heavy (non-hydrogen) atoms. The summed E-state index contributed by atoms with van der Waals surface area (Å²) in [7, 11) is 0. The number of nitrogens with zero attached hydrogens (tertiary/aromatic N) is 1. The Balaban J connectivity index is 2.08. The lowest BCUT2D eigenvalue weighted by atomic mass is 10.1. The van der Waals surface area contributed by atoms with Crippen molar-refractivity contribution in [2.45, 2.75) is 25.9 Å². The van der Waals surface area contributed by atoms with Crippen LogP contribution in [0.15, 0.2) is 32.7 Å². The Morgan fingerprint density at radius 3 is 2.67 bits per heavy atom. The van der Waals surface area contributed by atoms with Gasteiger partial charge in [0.1, 0.15) is 0 Å². The van der Waals surface area contributed by atoms with Crippen LogP contribution in [0.2, 0.25) is 0 Å². The van der Waals surface area contributed by atoms with Gasteiger partial charge in [0, 0.05) is 27.7 Å². The summed E-state index contributed by atoms with van der Waals surface area (Å²) in [5.74, 6) is 0. The highest BCUT2D eigenvalue weighted by Crippen LogP contribution is 2.36. The van der Waals surface area contributed by atoms with E-state index in [4.69, 9.17) is 0 Å². The zero-order valence-corrected chi connectivity index (χ0v) is 13.8. The quantitative estimate of drug-likeness (QED) is 0.833. The third-order valence-electron chi connectivity index (χ3n) is 2.69. The number of hydrogen-bond donors (Lipinski definition) is 1. The highest BCUT2D eigenvalue weighted by atomic mass is 79.9. The van der Waals surface area contributed by atoms with Gasteiger partial charge in [-0.2, -0.15) is 0 Å². The summed E-state index contributed by atoms with van der Waals surface area (Å²) in [5, 5.41) is 10.2. The number of aromatic nitrogens is 1. The zero-order valence-electron chi connectivity index (χ0n) is 9.86. The van der Waals surface area contributed by atoms with Gasteiger partial charge in [-0.1, -0.05) is 13.0 Å². The smallest absolute Gasteiger partial charge is 0.0938 e. The van der Waals surface area contributed by atoms with Crippen molar-refractivity contribution in [3.05, 3.63) is 48.8 Å².